The first kappa shape index (κ1) is 17.5. The second kappa shape index (κ2) is 8.65. The highest BCUT2D eigenvalue weighted by molar-refractivity contribution is 9.10. The van der Waals surface area contributed by atoms with Crippen LogP contribution in [0.25, 0.3) is 0 Å². The van der Waals surface area contributed by atoms with Gasteiger partial charge in [-0.1, -0.05) is 28.9 Å². The lowest BCUT2D eigenvalue weighted by molar-refractivity contribution is 0.0846. The predicted molar refractivity (Wildman–Crippen MR) is 90.5 cm³/mol. The fraction of sp³-hybridized carbons (Fsp3) is 0.625. The summed E-state index contributed by atoms with van der Waals surface area (Å²) in [5.74, 6) is 0. The van der Waals surface area contributed by atoms with Gasteiger partial charge < -0.3 is 15.4 Å². The Morgan fingerprint density at radius 1 is 1.35 bits per heavy atom. The Bertz CT molecular complexity index is 409. The molecule has 0 amide bonds. The van der Waals surface area contributed by atoms with Gasteiger partial charge in [-0.3, -0.25) is 0 Å². The summed E-state index contributed by atoms with van der Waals surface area (Å²) in [6, 6.07) is 6.70. The van der Waals surface area contributed by atoms with Crippen molar-refractivity contribution >= 4 is 21.6 Å². The van der Waals surface area contributed by atoms with Crippen LogP contribution in [0.15, 0.2) is 22.7 Å². The van der Waals surface area contributed by atoms with Crippen molar-refractivity contribution in [2.45, 2.75) is 45.8 Å². The molecule has 0 saturated heterocycles. The molecule has 2 N–H and O–H groups in total. The molecule has 0 heterocycles. The summed E-state index contributed by atoms with van der Waals surface area (Å²) in [6.07, 6.45) is 2.20. The number of hydrogen-bond acceptors (Lipinski definition) is 3. The summed E-state index contributed by atoms with van der Waals surface area (Å²) >= 11 is 3.65. The van der Waals surface area contributed by atoms with Crippen LogP contribution >= 0.6 is 15.9 Å². The van der Waals surface area contributed by atoms with E-state index in [1.807, 2.05) is 0 Å². The number of anilines is 1. The maximum atomic E-state index is 6.02. The van der Waals surface area contributed by atoms with Gasteiger partial charge in [-0.2, -0.15) is 0 Å². The molecule has 0 aliphatic carbocycles. The van der Waals surface area contributed by atoms with Gasteiger partial charge in [0.1, 0.15) is 0 Å². The Kier molecular flexibility index (Phi) is 7.56. The van der Waals surface area contributed by atoms with E-state index < -0.39 is 0 Å². The van der Waals surface area contributed by atoms with Crippen molar-refractivity contribution in [2.75, 3.05) is 25.1 Å². The van der Waals surface area contributed by atoms with E-state index in [0.717, 1.165) is 30.5 Å². The van der Waals surface area contributed by atoms with Crippen molar-refractivity contribution in [3.63, 3.8) is 0 Å². The molecule has 0 bridgehead atoms. The maximum absolute atomic E-state index is 6.02. The molecule has 1 atom stereocenters. The van der Waals surface area contributed by atoms with Crippen molar-refractivity contribution in [2.24, 2.45) is 5.73 Å². The minimum atomic E-state index is 0.231. The number of likely N-dealkylation sites (N-methyl/N-ethyl adjacent to an activating group) is 1. The summed E-state index contributed by atoms with van der Waals surface area (Å²) in [5, 5.41) is 0. The van der Waals surface area contributed by atoms with E-state index in [0.29, 0.717) is 0 Å². The Balaban J connectivity index is 2.61. The third kappa shape index (κ3) is 5.81. The van der Waals surface area contributed by atoms with Gasteiger partial charge in [-0.25, -0.2) is 0 Å². The molecular formula is C16H27BrN2O. The molecule has 0 fully saturated rings. The smallest absolute Gasteiger partial charge is 0.0644 e. The molecular weight excluding hydrogens is 316 g/mol. The summed E-state index contributed by atoms with van der Waals surface area (Å²) in [5.41, 5.74) is 8.48. The summed E-state index contributed by atoms with van der Waals surface area (Å²) < 4.78 is 6.72. The van der Waals surface area contributed by atoms with Gasteiger partial charge in [0.25, 0.3) is 0 Å². The molecule has 0 aliphatic rings. The van der Waals surface area contributed by atoms with Crippen LogP contribution in [-0.2, 0) is 11.2 Å². The number of nitrogens with two attached hydrogens (primary N) is 1. The number of hydrogen-bond donors (Lipinski definition) is 1. The van der Waals surface area contributed by atoms with Gasteiger partial charge in [-0.15, -0.1) is 0 Å². The van der Waals surface area contributed by atoms with Gasteiger partial charge in [-0.05, 0) is 44.4 Å². The largest absolute Gasteiger partial charge is 0.377 e. The molecule has 20 heavy (non-hydrogen) atoms. The molecule has 114 valence electrons. The molecule has 1 rings (SSSR count). The predicted octanol–water partition coefficient (Wildman–Crippen LogP) is 3.59. The zero-order valence-corrected chi connectivity index (χ0v) is 14.6. The number of benzene rings is 1. The summed E-state index contributed by atoms with van der Waals surface area (Å²) in [7, 11) is 2.09. The third-order valence-corrected chi connectivity index (χ3v) is 4.10. The molecule has 1 aromatic carbocycles. The Morgan fingerprint density at radius 2 is 2.05 bits per heavy atom. The van der Waals surface area contributed by atoms with Gasteiger partial charge in [0.05, 0.1) is 12.7 Å². The molecule has 3 nitrogen and oxygen atoms in total. The average molecular weight is 343 g/mol. The van der Waals surface area contributed by atoms with Gasteiger partial charge in [0, 0.05) is 29.8 Å². The van der Waals surface area contributed by atoms with Crippen molar-refractivity contribution in [3.05, 3.63) is 28.2 Å². The number of ether oxygens (including phenoxy) is 1. The van der Waals surface area contributed by atoms with Crippen LogP contribution in [-0.4, -0.2) is 32.3 Å². The van der Waals surface area contributed by atoms with Crippen LogP contribution in [0.2, 0.25) is 0 Å². The van der Waals surface area contributed by atoms with Crippen molar-refractivity contribution < 1.29 is 4.74 Å². The lowest BCUT2D eigenvalue weighted by atomic mass is 10.0. The highest BCUT2D eigenvalue weighted by Crippen LogP contribution is 2.24. The van der Waals surface area contributed by atoms with Crippen LogP contribution in [0.1, 0.15) is 32.8 Å². The SMILES string of the molecule is CCC(N)Cc1ccc(N(C)CCOC(C)C)cc1Br. The summed E-state index contributed by atoms with van der Waals surface area (Å²) in [6.45, 7) is 7.87. The average Bonchev–Trinajstić information content (AvgIpc) is 2.40. The van der Waals surface area contributed by atoms with E-state index in [4.69, 9.17) is 10.5 Å². The molecule has 4 heteroatoms. The standard InChI is InChI=1S/C16H27BrN2O/c1-5-14(18)10-13-6-7-15(11-16(13)17)19(4)8-9-20-12(2)3/h6-7,11-12,14H,5,8-10,18H2,1-4H3. The Morgan fingerprint density at radius 3 is 2.60 bits per heavy atom. The van der Waals surface area contributed by atoms with Crippen LogP contribution < -0.4 is 10.6 Å². The quantitative estimate of drug-likeness (QED) is 0.784. The van der Waals surface area contributed by atoms with Crippen molar-refractivity contribution in [1.29, 1.82) is 0 Å². The highest BCUT2D eigenvalue weighted by Gasteiger charge is 2.08. The van der Waals surface area contributed by atoms with Crippen LogP contribution in [0.5, 0.6) is 0 Å². The molecule has 1 aromatic rings. The molecule has 0 radical (unpaired) electrons. The molecule has 0 saturated carbocycles. The first-order valence-electron chi connectivity index (χ1n) is 7.30. The van der Waals surface area contributed by atoms with Crippen molar-refractivity contribution in [1.82, 2.24) is 0 Å². The Hall–Kier alpha value is -0.580. The van der Waals surface area contributed by atoms with E-state index in [9.17, 15) is 0 Å². The number of halogens is 1. The lowest BCUT2D eigenvalue weighted by Crippen LogP contribution is -2.24. The molecule has 0 spiro atoms. The molecule has 0 aromatic heterocycles. The van der Waals surface area contributed by atoms with Crippen LogP contribution in [0, 0.1) is 0 Å². The van der Waals surface area contributed by atoms with E-state index in [-0.39, 0.29) is 12.1 Å². The zero-order valence-electron chi connectivity index (χ0n) is 13.0. The van der Waals surface area contributed by atoms with Crippen LogP contribution in [0.3, 0.4) is 0 Å². The van der Waals surface area contributed by atoms with Gasteiger partial charge in [0.2, 0.25) is 0 Å². The Labute approximate surface area is 131 Å². The number of rotatable bonds is 8. The van der Waals surface area contributed by atoms with E-state index in [1.54, 1.807) is 0 Å². The van der Waals surface area contributed by atoms with Crippen LogP contribution in [0.4, 0.5) is 5.69 Å². The topological polar surface area (TPSA) is 38.5 Å². The molecule has 0 aliphatic heterocycles. The fourth-order valence-corrected chi connectivity index (χ4v) is 2.45. The fourth-order valence-electron chi connectivity index (χ4n) is 1.92. The van der Waals surface area contributed by atoms with Gasteiger partial charge >= 0.3 is 0 Å². The number of nitrogens with zero attached hydrogens (tertiary/aromatic N) is 1. The van der Waals surface area contributed by atoms with Crippen molar-refractivity contribution in [3.8, 4) is 0 Å². The minimum absolute atomic E-state index is 0.231. The second-order valence-electron chi connectivity index (χ2n) is 5.49. The minimum Gasteiger partial charge on any atom is -0.377 e. The monoisotopic (exact) mass is 342 g/mol. The highest BCUT2D eigenvalue weighted by atomic mass is 79.9. The first-order chi connectivity index (χ1) is 9.43. The normalized spacial score (nSPS) is 12.8. The third-order valence-electron chi connectivity index (χ3n) is 3.36. The first-order valence-corrected chi connectivity index (χ1v) is 8.10. The van der Waals surface area contributed by atoms with E-state index in [2.05, 4.69) is 66.8 Å². The molecule has 1 unspecified atom stereocenters. The lowest BCUT2D eigenvalue weighted by Gasteiger charge is -2.21. The van der Waals surface area contributed by atoms with E-state index in [1.165, 1.54) is 11.3 Å². The van der Waals surface area contributed by atoms with Gasteiger partial charge in [0.15, 0.2) is 0 Å². The second-order valence-corrected chi connectivity index (χ2v) is 6.34. The van der Waals surface area contributed by atoms with E-state index >= 15 is 0 Å². The zero-order chi connectivity index (χ0) is 15.1. The summed E-state index contributed by atoms with van der Waals surface area (Å²) in [4.78, 5) is 2.21. The maximum Gasteiger partial charge on any atom is 0.0644 e.